The molecule has 40 valence electrons. The number of nitriles is 2. The molecule has 0 saturated carbocycles. The minimum absolute atomic E-state index is 0.317. The fourth-order valence-electron chi connectivity index (χ4n) is 0.171. The Kier molecular flexibility index (Phi) is 2.93. The molecule has 0 rings (SSSR count). The van der Waals surface area contributed by atoms with E-state index < -0.39 is 6.04 Å². The maximum absolute atomic E-state index is 9.52. The molecule has 0 aliphatic rings. The van der Waals surface area contributed by atoms with Crippen LogP contribution in [0.25, 0.3) is 0 Å². The van der Waals surface area contributed by atoms with Gasteiger partial charge in [-0.1, -0.05) is 0 Å². The van der Waals surface area contributed by atoms with Gasteiger partial charge in [-0.25, -0.2) is 0 Å². The van der Waals surface area contributed by atoms with Gasteiger partial charge in [-0.3, -0.25) is 4.79 Å². The first-order valence-corrected chi connectivity index (χ1v) is 1.84. The molecule has 4 heteroatoms. The minimum Gasteiger partial charge on any atom is -0.331 e. The van der Waals surface area contributed by atoms with Gasteiger partial charge in [0.25, 0.3) is 0 Å². The van der Waals surface area contributed by atoms with Crippen molar-refractivity contribution >= 4 is 6.41 Å². The normalized spacial score (nSPS) is 6.88. The molecule has 0 aliphatic heterocycles. The molecule has 8 heavy (non-hydrogen) atoms. The third kappa shape index (κ3) is 1.78. The Morgan fingerprint density at radius 1 is 1.50 bits per heavy atom. The molecule has 0 saturated heterocycles. The van der Waals surface area contributed by atoms with Crippen LogP contribution in [0.15, 0.2) is 0 Å². The maximum atomic E-state index is 9.52. The van der Waals surface area contributed by atoms with Crippen molar-refractivity contribution in [2.24, 2.45) is 0 Å². The van der Waals surface area contributed by atoms with Crippen molar-refractivity contribution in [2.45, 2.75) is 6.04 Å². The summed E-state index contributed by atoms with van der Waals surface area (Å²) in [4.78, 5) is 9.52. The quantitative estimate of drug-likeness (QED) is 0.469. The zero-order valence-corrected chi connectivity index (χ0v) is 3.96. The molecule has 0 fully saturated rings. The van der Waals surface area contributed by atoms with Gasteiger partial charge in [0.2, 0.25) is 12.5 Å². The maximum Gasteiger partial charge on any atom is 0.208 e. The van der Waals surface area contributed by atoms with Crippen molar-refractivity contribution in [3.8, 4) is 12.1 Å². The number of carbonyl (C=O) groups excluding carboxylic acids is 1. The third-order valence-corrected chi connectivity index (χ3v) is 0.493. The van der Waals surface area contributed by atoms with Gasteiger partial charge < -0.3 is 5.32 Å². The summed E-state index contributed by atoms with van der Waals surface area (Å²) >= 11 is 0. The predicted molar refractivity (Wildman–Crippen MR) is 24.2 cm³/mol. The fraction of sp³-hybridized carbons (Fsp3) is 0.250. The molecule has 0 radical (unpaired) electrons. The molecule has 0 spiro atoms. The topological polar surface area (TPSA) is 76.7 Å². The van der Waals surface area contributed by atoms with Crippen LogP contribution in [0.4, 0.5) is 0 Å². The van der Waals surface area contributed by atoms with Crippen LogP contribution in [-0.4, -0.2) is 12.5 Å². The average Bonchev–Trinajstić information content (AvgIpc) is 1.83. The second-order valence-corrected chi connectivity index (χ2v) is 0.976. The standard InChI is InChI=1S/C4H3N3O/c5-1-4(2-6)7-3-8/h3-4H,(H,7,8). The number of carbonyl (C=O) groups is 1. The molecule has 0 atom stereocenters. The molecular formula is C4H3N3O. The third-order valence-electron chi connectivity index (χ3n) is 0.493. The molecule has 0 bridgehead atoms. The van der Waals surface area contributed by atoms with E-state index in [9.17, 15) is 4.79 Å². The van der Waals surface area contributed by atoms with Crippen LogP contribution in [0.1, 0.15) is 0 Å². The average molecular weight is 109 g/mol. The van der Waals surface area contributed by atoms with E-state index in [0.29, 0.717) is 6.41 Å². The van der Waals surface area contributed by atoms with Crippen molar-refractivity contribution in [3.05, 3.63) is 0 Å². The van der Waals surface area contributed by atoms with Crippen LogP contribution in [0.3, 0.4) is 0 Å². The first-order chi connectivity index (χ1) is 3.85. The first-order valence-electron chi connectivity index (χ1n) is 1.84. The van der Waals surface area contributed by atoms with E-state index in [4.69, 9.17) is 10.5 Å². The smallest absolute Gasteiger partial charge is 0.208 e. The van der Waals surface area contributed by atoms with E-state index in [1.807, 2.05) is 5.32 Å². The zero-order chi connectivity index (χ0) is 6.41. The van der Waals surface area contributed by atoms with Gasteiger partial charge in [-0.05, 0) is 0 Å². The van der Waals surface area contributed by atoms with Crippen LogP contribution in [0, 0.1) is 22.7 Å². The molecule has 0 aromatic heterocycles. The summed E-state index contributed by atoms with van der Waals surface area (Å²) in [6.07, 6.45) is 0.317. The molecule has 4 nitrogen and oxygen atoms in total. The highest BCUT2D eigenvalue weighted by Crippen LogP contribution is 1.69. The highest BCUT2D eigenvalue weighted by Gasteiger charge is 1.98. The molecule has 1 amide bonds. The first kappa shape index (κ1) is 6.45. The van der Waals surface area contributed by atoms with Crippen molar-refractivity contribution in [2.75, 3.05) is 0 Å². The SMILES string of the molecule is N#CC(C#N)NC=O. The largest absolute Gasteiger partial charge is 0.331 e. The summed E-state index contributed by atoms with van der Waals surface area (Å²) < 4.78 is 0. The van der Waals surface area contributed by atoms with Crippen LogP contribution in [0.5, 0.6) is 0 Å². The van der Waals surface area contributed by atoms with E-state index in [-0.39, 0.29) is 0 Å². The van der Waals surface area contributed by atoms with Gasteiger partial charge in [-0.15, -0.1) is 0 Å². The molecular weight excluding hydrogens is 106 g/mol. The summed E-state index contributed by atoms with van der Waals surface area (Å²) in [5.74, 6) is 0. The Balaban J connectivity index is 3.62. The lowest BCUT2D eigenvalue weighted by molar-refractivity contribution is -0.109. The van der Waals surface area contributed by atoms with Gasteiger partial charge in [-0.2, -0.15) is 10.5 Å². The summed E-state index contributed by atoms with van der Waals surface area (Å²) in [7, 11) is 0. The minimum atomic E-state index is -1.01. The monoisotopic (exact) mass is 109 g/mol. The second kappa shape index (κ2) is 3.63. The Hall–Kier alpha value is -1.55. The number of nitrogens with zero attached hydrogens (tertiary/aromatic N) is 2. The van der Waals surface area contributed by atoms with E-state index >= 15 is 0 Å². The predicted octanol–water partition coefficient (Wildman–Crippen LogP) is -0.852. The Morgan fingerprint density at radius 3 is 2.12 bits per heavy atom. The summed E-state index contributed by atoms with van der Waals surface area (Å²) in [5, 5.41) is 17.9. The van der Waals surface area contributed by atoms with Gasteiger partial charge in [0, 0.05) is 0 Å². The van der Waals surface area contributed by atoms with Crippen LogP contribution < -0.4 is 5.32 Å². The van der Waals surface area contributed by atoms with E-state index in [1.165, 1.54) is 0 Å². The zero-order valence-electron chi connectivity index (χ0n) is 3.96. The second-order valence-electron chi connectivity index (χ2n) is 0.976. The number of nitrogens with one attached hydrogen (secondary N) is 1. The molecule has 1 N–H and O–H groups in total. The van der Waals surface area contributed by atoms with Crippen molar-refractivity contribution in [1.82, 2.24) is 5.32 Å². The van der Waals surface area contributed by atoms with E-state index in [0.717, 1.165) is 0 Å². The molecule has 0 aliphatic carbocycles. The molecule has 0 unspecified atom stereocenters. The number of hydrogen-bond acceptors (Lipinski definition) is 3. The highest BCUT2D eigenvalue weighted by molar-refractivity contribution is 5.48. The summed E-state index contributed by atoms with van der Waals surface area (Å²) in [6, 6.07) is 2.09. The van der Waals surface area contributed by atoms with Gasteiger partial charge >= 0.3 is 0 Å². The van der Waals surface area contributed by atoms with Crippen molar-refractivity contribution < 1.29 is 4.79 Å². The Labute approximate surface area is 46.3 Å². The Morgan fingerprint density at radius 2 is 2.00 bits per heavy atom. The van der Waals surface area contributed by atoms with Crippen LogP contribution in [-0.2, 0) is 4.79 Å². The summed E-state index contributed by atoms with van der Waals surface area (Å²) in [6.45, 7) is 0. The van der Waals surface area contributed by atoms with Gasteiger partial charge in [0.05, 0.1) is 0 Å². The Bertz CT molecular complexity index is 138. The summed E-state index contributed by atoms with van der Waals surface area (Å²) in [5.41, 5.74) is 0. The lowest BCUT2D eigenvalue weighted by Gasteiger charge is -1.90. The lowest BCUT2D eigenvalue weighted by Crippen LogP contribution is -2.23. The van der Waals surface area contributed by atoms with Crippen molar-refractivity contribution in [1.29, 1.82) is 10.5 Å². The van der Waals surface area contributed by atoms with Crippen molar-refractivity contribution in [3.63, 3.8) is 0 Å². The lowest BCUT2D eigenvalue weighted by atomic mass is 10.4. The van der Waals surface area contributed by atoms with Crippen LogP contribution >= 0.6 is 0 Å². The number of rotatable bonds is 2. The molecule has 0 aromatic carbocycles. The number of amides is 1. The number of hydrogen-bond donors (Lipinski definition) is 1. The highest BCUT2D eigenvalue weighted by atomic mass is 16.1. The molecule has 0 heterocycles. The van der Waals surface area contributed by atoms with E-state index in [1.54, 1.807) is 12.1 Å². The van der Waals surface area contributed by atoms with Crippen LogP contribution in [0.2, 0.25) is 0 Å². The van der Waals surface area contributed by atoms with Gasteiger partial charge in [0.1, 0.15) is 12.1 Å². The van der Waals surface area contributed by atoms with Gasteiger partial charge in [0.15, 0.2) is 0 Å². The fourth-order valence-corrected chi connectivity index (χ4v) is 0.171. The van der Waals surface area contributed by atoms with E-state index in [2.05, 4.69) is 0 Å². The molecule has 0 aromatic rings.